The Hall–Kier alpha value is -1.61. The van der Waals surface area contributed by atoms with Crippen LogP contribution in [0.4, 0.5) is 17.8 Å². The standard InChI is InChI=1S/C3H6N6.H3O4P.H2O4S/c4-1-7-2(5)9-3(6)8-1;2*1-5(2,3)4/h(H6,4,5,6,7,8,9);(H3,1,2,3,4);(H2,1,2,3,4). The maximum absolute atomic E-state index is 8.88. The molecule has 0 aliphatic heterocycles. The van der Waals surface area contributed by atoms with E-state index in [1.165, 1.54) is 0 Å². The maximum atomic E-state index is 8.88. The zero-order chi connectivity index (χ0) is 15.9. The van der Waals surface area contributed by atoms with Gasteiger partial charge in [-0.1, -0.05) is 0 Å². The molecule has 14 nitrogen and oxygen atoms in total. The number of anilines is 3. The van der Waals surface area contributed by atoms with Crippen LogP contribution in [0.5, 0.6) is 0 Å². The summed E-state index contributed by atoms with van der Waals surface area (Å²) in [6, 6.07) is 0. The fourth-order valence-corrected chi connectivity index (χ4v) is 0.427. The van der Waals surface area contributed by atoms with E-state index < -0.39 is 18.2 Å². The van der Waals surface area contributed by atoms with Gasteiger partial charge in [0.15, 0.2) is 0 Å². The Labute approximate surface area is 106 Å². The van der Waals surface area contributed by atoms with E-state index in [1.807, 2.05) is 0 Å². The fourth-order valence-electron chi connectivity index (χ4n) is 0.427. The van der Waals surface area contributed by atoms with Crippen molar-refractivity contribution in [2.45, 2.75) is 0 Å². The van der Waals surface area contributed by atoms with E-state index in [0.29, 0.717) is 0 Å². The second kappa shape index (κ2) is 7.74. The molecule has 0 aliphatic carbocycles. The molecule has 0 spiro atoms. The Morgan fingerprint density at radius 2 is 0.947 bits per heavy atom. The van der Waals surface area contributed by atoms with Gasteiger partial charge < -0.3 is 31.9 Å². The van der Waals surface area contributed by atoms with E-state index in [-0.39, 0.29) is 17.8 Å². The van der Waals surface area contributed by atoms with Crippen LogP contribution in [0.15, 0.2) is 0 Å². The summed E-state index contributed by atoms with van der Waals surface area (Å²) in [5, 5.41) is 0. The lowest BCUT2D eigenvalue weighted by molar-refractivity contribution is 0.275. The van der Waals surface area contributed by atoms with Crippen LogP contribution >= 0.6 is 7.82 Å². The van der Waals surface area contributed by atoms with Gasteiger partial charge in [0.25, 0.3) is 0 Å². The van der Waals surface area contributed by atoms with Crippen molar-refractivity contribution in [3.05, 3.63) is 0 Å². The van der Waals surface area contributed by atoms with Gasteiger partial charge in [0, 0.05) is 0 Å². The fraction of sp³-hybridized carbons (Fsp3) is 0. The van der Waals surface area contributed by atoms with Crippen LogP contribution in [0.3, 0.4) is 0 Å². The van der Waals surface area contributed by atoms with Gasteiger partial charge in [-0.05, 0) is 0 Å². The minimum Gasteiger partial charge on any atom is -0.368 e. The highest BCUT2D eigenvalue weighted by atomic mass is 32.3. The number of hydrogen-bond donors (Lipinski definition) is 8. The SMILES string of the molecule is Nc1nc(N)nc(N)n1.O=P(O)(O)O.O=S(=O)(O)O. The molecule has 1 rings (SSSR count). The molecule has 16 heteroatoms. The first-order chi connectivity index (χ1) is 8.18. The van der Waals surface area contributed by atoms with Crippen LogP contribution in [0.1, 0.15) is 0 Å². The van der Waals surface area contributed by atoms with Gasteiger partial charge >= 0.3 is 18.2 Å². The molecule has 0 atom stereocenters. The first-order valence-electron chi connectivity index (χ1n) is 3.69. The van der Waals surface area contributed by atoms with Crippen LogP contribution in [-0.4, -0.2) is 47.2 Å². The van der Waals surface area contributed by atoms with Crippen molar-refractivity contribution >= 4 is 36.1 Å². The molecule has 11 N–H and O–H groups in total. The monoisotopic (exact) mass is 322 g/mol. The lowest BCUT2D eigenvalue weighted by atomic mass is 10.9. The predicted molar refractivity (Wildman–Crippen MR) is 61.5 cm³/mol. The predicted octanol–water partition coefficient (Wildman–Crippen LogP) is -2.96. The molecule has 0 saturated heterocycles. The summed E-state index contributed by atoms with van der Waals surface area (Å²) in [5.74, 6) is 0.125. The van der Waals surface area contributed by atoms with Crippen molar-refractivity contribution in [3.8, 4) is 0 Å². The number of aromatic nitrogens is 3. The van der Waals surface area contributed by atoms with Crippen molar-refractivity contribution in [2.75, 3.05) is 17.2 Å². The smallest absolute Gasteiger partial charge is 0.368 e. The van der Waals surface area contributed by atoms with Gasteiger partial charge in [-0.15, -0.1) is 0 Å². The molecule has 0 bridgehead atoms. The molecule has 1 aromatic rings. The second-order valence-electron chi connectivity index (χ2n) is 2.37. The molecule has 0 unspecified atom stereocenters. The third-order valence-corrected chi connectivity index (χ3v) is 0.687. The van der Waals surface area contributed by atoms with Gasteiger partial charge in [0.2, 0.25) is 17.8 Å². The van der Waals surface area contributed by atoms with Crippen LogP contribution in [0.25, 0.3) is 0 Å². The highest BCUT2D eigenvalue weighted by molar-refractivity contribution is 7.79. The van der Waals surface area contributed by atoms with E-state index in [2.05, 4.69) is 15.0 Å². The van der Waals surface area contributed by atoms with Crippen LogP contribution < -0.4 is 17.2 Å². The van der Waals surface area contributed by atoms with E-state index in [1.54, 1.807) is 0 Å². The Balaban J connectivity index is 0. The van der Waals surface area contributed by atoms with Gasteiger partial charge in [0.1, 0.15) is 0 Å². The van der Waals surface area contributed by atoms with E-state index in [4.69, 9.17) is 54.0 Å². The van der Waals surface area contributed by atoms with Gasteiger partial charge in [-0.25, -0.2) is 4.57 Å². The molecular formula is C3H11N6O8PS. The van der Waals surface area contributed by atoms with E-state index in [0.717, 1.165) is 0 Å². The Bertz CT molecular complexity index is 475. The number of nitrogens with two attached hydrogens (primary N) is 3. The molecular weight excluding hydrogens is 311 g/mol. The maximum Gasteiger partial charge on any atom is 0.466 e. The Morgan fingerprint density at radius 1 is 0.842 bits per heavy atom. The molecule has 0 saturated carbocycles. The van der Waals surface area contributed by atoms with Crippen molar-refractivity contribution < 1.29 is 36.8 Å². The number of phosphoric acid groups is 1. The molecule has 0 amide bonds. The van der Waals surface area contributed by atoms with Crippen molar-refractivity contribution in [2.24, 2.45) is 0 Å². The third-order valence-electron chi connectivity index (χ3n) is 0.687. The average molecular weight is 322 g/mol. The zero-order valence-corrected chi connectivity index (χ0v) is 10.6. The largest absolute Gasteiger partial charge is 0.466 e. The number of nitrogen functional groups attached to an aromatic ring is 3. The summed E-state index contributed by atoms with van der Waals surface area (Å²) in [6.07, 6.45) is 0. The van der Waals surface area contributed by atoms with Gasteiger partial charge in [-0.3, -0.25) is 9.11 Å². The normalized spacial score (nSPS) is 10.6. The summed E-state index contributed by atoms with van der Waals surface area (Å²) in [6.45, 7) is 0. The minimum atomic E-state index is -4.67. The number of nitrogens with zero attached hydrogens (tertiary/aromatic N) is 3. The van der Waals surface area contributed by atoms with Gasteiger partial charge in [-0.2, -0.15) is 23.4 Å². The summed E-state index contributed by atoms with van der Waals surface area (Å²) >= 11 is 0. The number of hydrogen-bond acceptors (Lipinski definition) is 9. The number of rotatable bonds is 0. The minimum absolute atomic E-state index is 0.0417. The van der Waals surface area contributed by atoms with Crippen LogP contribution in [0, 0.1) is 0 Å². The highest BCUT2D eigenvalue weighted by Crippen LogP contribution is 2.25. The quantitative estimate of drug-likeness (QED) is 0.175. The van der Waals surface area contributed by atoms with Crippen molar-refractivity contribution in [3.63, 3.8) is 0 Å². The zero-order valence-electron chi connectivity index (χ0n) is 8.89. The lowest BCUT2D eigenvalue weighted by Gasteiger charge is -1.93. The van der Waals surface area contributed by atoms with E-state index >= 15 is 0 Å². The summed E-state index contributed by atoms with van der Waals surface area (Å²) < 4.78 is 40.5. The van der Waals surface area contributed by atoms with E-state index in [9.17, 15) is 0 Å². The third kappa shape index (κ3) is 31.4. The molecule has 1 aromatic heterocycles. The second-order valence-corrected chi connectivity index (χ2v) is 4.29. The summed E-state index contributed by atoms with van der Waals surface area (Å²) in [4.78, 5) is 32.0. The van der Waals surface area contributed by atoms with Crippen molar-refractivity contribution in [1.82, 2.24) is 15.0 Å². The van der Waals surface area contributed by atoms with Gasteiger partial charge in [0.05, 0.1) is 0 Å². The molecule has 0 radical (unpaired) electrons. The molecule has 0 aromatic carbocycles. The molecule has 112 valence electrons. The molecule has 19 heavy (non-hydrogen) atoms. The molecule has 0 fully saturated rings. The molecule has 0 aliphatic rings. The Morgan fingerprint density at radius 3 is 1.05 bits per heavy atom. The van der Waals surface area contributed by atoms with Crippen LogP contribution in [-0.2, 0) is 15.0 Å². The van der Waals surface area contributed by atoms with Crippen molar-refractivity contribution in [1.29, 1.82) is 0 Å². The topological polar surface area (TPSA) is 269 Å². The Kier molecular flexibility index (Phi) is 8.04. The van der Waals surface area contributed by atoms with Crippen LogP contribution in [0.2, 0.25) is 0 Å². The summed E-state index contributed by atoms with van der Waals surface area (Å²) in [7, 11) is -9.31. The lowest BCUT2D eigenvalue weighted by Crippen LogP contribution is -2.05. The molecule has 1 heterocycles. The summed E-state index contributed by atoms with van der Waals surface area (Å²) in [5.41, 5.74) is 15.4. The first-order valence-corrected chi connectivity index (χ1v) is 6.65. The first kappa shape index (κ1) is 19.7. The average Bonchev–Trinajstić information content (AvgIpc) is 1.91. The highest BCUT2D eigenvalue weighted by Gasteiger charge is 2.00.